The van der Waals surface area contributed by atoms with Gasteiger partial charge in [0.2, 0.25) is 0 Å². The normalized spacial score (nSPS) is 17.4. The third-order valence-corrected chi connectivity index (χ3v) is 3.24. The number of hydrogen-bond donors (Lipinski definition) is 2. The molecule has 1 heterocycles. The van der Waals surface area contributed by atoms with Crippen molar-refractivity contribution in [2.24, 2.45) is 0 Å². The quantitative estimate of drug-likeness (QED) is 0.779. The molecule has 92 valence electrons. The largest absolute Gasteiger partial charge is 0.469 e. The number of fused-ring (bicyclic) bond motifs is 1. The summed E-state index contributed by atoms with van der Waals surface area (Å²) in [7, 11) is 1.41. The molecule has 1 aliphatic rings. The molecule has 2 rings (SSSR count). The number of benzene rings is 1. The Kier molecular flexibility index (Phi) is 3.64. The number of rotatable bonds is 4. The Morgan fingerprint density at radius 1 is 1.59 bits per heavy atom. The number of esters is 1. The Morgan fingerprint density at radius 3 is 3.12 bits per heavy atom. The summed E-state index contributed by atoms with van der Waals surface area (Å²) >= 11 is 0. The van der Waals surface area contributed by atoms with Gasteiger partial charge in [0.15, 0.2) is 0 Å². The summed E-state index contributed by atoms with van der Waals surface area (Å²) < 4.78 is 4.65. The highest BCUT2D eigenvalue weighted by Gasteiger charge is 2.25. The van der Waals surface area contributed by atoms with Crippen LogP contribution in [-0.4, -0.2) is 24.7 Å². The zero-order chi connectivity index (χ0) is 12.3. The number of nitrogens with one attached hydrogen (secondary N) is 1. The lowest BCUT2D eigenvalue weighted by Crippen LogP contribution is -2.08. The lowest BCUT2D eigenvalue weighted by Gasteiger charge is -2.12. The average Bonchev–Trinajstić information content (AvgIpc) is 2.79. The first-order valence-corrected chi connectivity index (χ1v) is 5.79. The third kappa shape index (κ3) is 2.42. The van der Waals surface area contributed by atoms with Crippen molar-refractivity contribution in [2.45, 2.75) is 25.4 Å². The third-order valence-electron chi connectivity index (χ3n) is 3.24. The lowest BCUT2D eigenvalue weighted by atomic mass is 9.92. The lowest BCUT2D eigenvalue weighted by molar-refractivity contribution is -0.140. The van der Waals surface area contributed by atoms with E-state index in [1.165, 1.54) is 7.11 Å². The molecule has 4 heteroatoms. The summed E-state index contributed by atoms with van der Waals surface area (Å²) in [6.45, 7) is 0.864. The molecule has 4 nitrogen and oxygen atoms in total. The molecule has 0 saturated heterocycles. The van der Waals surface area contributed by atoms with E-state index in [9.17, 15) is 9.90 Å². The molecule has 1 atom stereocenters. The number of ether oxygens (including phenoxy) is 1. The van der Waals surface area contributed by atoms with E-state index in [2.05, 4.69) is 10.1 Å². The highest BCUT2D eigenvalue weighted by molar-refractivity contribution is 5.69. The van der Waals surface area contributed by atoms with Gasteiger partial charge in [-0.2, -0.15) is 0 Å². The van der Waals surface area contributed by atoms with E-state index >= 15 is 0 Å². The second kappa shape index (κ2) is 5.19. The molecule has 1 aromatic rings. The van der Waals surface area contributed by atoms with Gasteiger partial charge in [-0.1, -0.05) is 12.1 Å². The summed E-state index contributed by atoms with van der Waals surface area (Å²) in [5.74, 6) is 0.104. The fourth-order valence-corrected chi connectivity index (χ4v) is 2.36. The van der Waals surface area contributed by atoms with Crippen LogP contribution >= 0.6 is 0 Å². The van der Waals surface area contributed by atoms with Gasteiger partial charge < -0.3 is 15.2 Å². The maximum absolute atomic E-state index is 11.1. The smallest absolute Gasteiger partial charge is 0.305 e. The van der Waals surface area contributed by atoms with Crippen LogP contribution < -0.4 is 5.32 Å². The van der Waals surface area contributed by atoms with Crippen molar-refractivity contribution >= 4 is 11.7 Å². The molecular weight excluding hydrogens is 218 g/mol. The Hall–Kier alpha value is -1.55. The fraction of sp³-hybridized carbons (Fsp3) is 0.462. The van der Waals surface area contributed by atoms with E-state index < -0.39 is 0 Å². The summed E-state index contributed by atoms with van der Waals surface area (Å²) in [6, 6.07) is 5.86. The van der Waals surface area contributed by atoms with Gasteiger partial charge in [-0.15, -0.1) is 0 Å². The molecule has 0 aromatic heterocycles. The molecular formula is C13H17NO3. The predicted molar refractivity (Wildman–Crippen MR) is 64.8 cm³/mol. The number of aliphatic hydroxyl groups excluding tert-OH is 1. The van der Waals surface area contributed by atoms with Gasteiger partial charge in [-0.3, -0.25) is 4.79 Å². The van der Waals surface area contributed by atoms with E-state index in [1.807, 2.05) is 18.2 Å². The Bertz CT molecular complexity index is 417. The standard InChI is InChI=1S/C13H17NO3/c1-17-12(16)6-5-9-7-14-11-4-2-3-10(8-15)13(9)11/h2-4,9,14-15H,5-8H2,1H3. The Balaban J connectivity index is 2.12. The van der Waals surface area contributed by atoms with Gasteiger partial charge in [-0.25, -0.2) is 0 Å². The van der Waals surface area contributed by atoms with Crippen LogP contribution in [0.1, 0.15) is 29.9 Å². The Morgan fingerprint density at radius 2 is 2.41 bits per heavy atom. The molecule has 0 amide bonds. The average molecular weight is 235 g/mol. The summed E-state index contributed by atoms with van der Waals surface area (Å²) in [4.78, 5) is 11.1. The number of anilines is 1. The molecule has 0 radical (unpaired) electrons. The Labute approximate surface area is 101 Å². The van der Waals surface area contributed by atoms with Crippen molar-refractivity contribution in [3.8, 4) is 0 Å². The van der Waals surface area contributed by atoms with Crippen LogP contribution in [0.4, 0.5) is 5.69 Å². The molecule has 1 aromatic carbocycles. The summed E-state index contributed by atoms with van der Waals surface area (Å²) in [5.41, 5.74) is 3.17. The van der Waals surface area contributed by atoms with Gasteiger partial charge >= 0.3 is 5.97 Å². The summed E-state index contributed by atoms with van der Waals surface area (Å²) in [5, 5.41) is 12.6. The van der Waals surface area contributed by atoms with Crippen molar-refractivity contribution in [2.75, 3.05) is 19.0 Å². The number of methoxy groups -OCH3 is 1. The van der Waals surface area contributed by atoms with Crippen LogP contribution in [0.25, 0.3) is 0 Å². The van der Waals surface area contributed by atoms with Crippen molar-refractivity contribution in [3.05, 3.63) is 29.3 Å². The van der Waals surface area contributed by atoms with Crippen LogP contribution in [0.15, 0.2) is 18.2 Å². The van der Waals surface area contributed by atoms with Crippen molar-refractivity contribution in [3.63, 3.8) is 0 Å². The second-order valence-corrected chi connectivity index (χ2v) is 4.23. The maximum atomic E-state index is 11.1. The fourth-order valence-electron chi connectivity index (χ4n) is 2.36. The molecule has 0 fully saturated rings. The zero-order valence-electron chi connectivity index (χ0n) is 9.90. The van der Waals surface area contributed by atoms with E-state index in [0.717, 1.165) is 29.8 Å². The second-order valence-electron chi connectivity index (χ2n) is 4.23. The summed E-state index contributed by atoms with van der Waals surface area (Å²) in [6.07, 6.45) is 1.17. The van der Waals surface area contributed by atoms with Gasteiger partial charge in [0.25, 0.3) is 0 Å². The van der Waals surface area contributed by atoms with Crippen molar-refractivity contribution in [1.29, 1.82) is 0 Å². The molecule has 0 bridgehead atoms. The first-order chi connectivity index (χ1) is 8.26. The number of hydrogen-bond acceptors (Lipinski definition) is 4. The predicted octanol–water partition coefficient (Wildman–Crippen LogP) is 1.64. The van der Waals surface area contributed by atoms with Gasteiger partial charge in [-0.05, 0) is 23.6 Å². The van der Waals surface area contributed by atoms with Crippen molar-refractivity contribution in [1.82, 2.24) is 0 Å². The van der Waals surface area contributed by atoms with E-state index in [0.29, 0.717) is 6.42 Å². The first kappa shape index (κ1) is 11.9. The van der Waals surface area contributed by atoms with Gasteiger partial charge in [0, 0.05) is 24.6 Å². The molecule has 1 unspecified atom stereocenters. The van der Waals surface area contributed by atoms with Crippen LogP contribution in [0.2, 0.25) is 0 Å². The van der Waals surface area contributed by atoms with Crippen LogP contribution in [0.5, 0.6) is 0 Å². The minimum Gasteiger partial charge on any atom is -0.469 e. The topological polar surface area (TPSA) is 58.6 Å². The highest BCUT2D eigenvalue weighted by Crippen LogP contribution is 2.36. The zero-order valence-corrected chi connectivity index (χ0v) is 9.90. The number of carbonyl (C=O) groups is 1. The first-order valence-electron chi connectivity index (χ1n) is 5.79. The van der Waals surface area contributed by atoms with Crippen LogP contribution in [0, 0.1) is 0 Å². The molecule has 0 spiro atoms. The minimum atomic E-state index is -0.181. The minimum absolute atomic E-state index is 0.0412. The SMILES string of the molecule is COC(=O)CCC1CNc2cccc(CO)c21. The van der Waals surface area contributed by atoms with E-state index in [-0.39, 0.29) is 18.5 Å². The molecule has 0 saturated carbocycles. The maximum Gasteiger partial charge on any atom is 0.305 e. The van der Waals surface area contributed by atoms with Gasteiger partial charge in [0.05, 0.1) is 13.7 Å². The van der Waals surface area contributed by atoms with E-state index in [4.69, 9.17) is 0 Å². The van der Waals surface area contributed by atoms with Crippen LogP contribution in [-0.2, 0) is 16.1 Å². The van der Waals surface area contributed by atoms with Gasteiger partial charge in [0.1, 0.15) is 0 Å². The van der Waals surface area contributed by atoms with Crippen LogP contribution in [0.3, 0.4) is 0 Å². The molecule has 17 heavy (non-hydrogen) atoms. The molecule has 2 N–H and O–H groups in total. The number of aliphatic hydroxyl groups is 1. The van der Waals surface area contributed by atoms with Crippen molar-refractivity contribution < 1.29 is 14.6 Å². The monoisotopic (exact) mass is 235 g/mol. The molecule has 0 aliphatic carbocycles. The van der Waals surface area contributed by atoms with E-state index in [1.54, 1.807) is 0 Å². The number of carbonyl (C=O) groups excluding carboxylic acids is 1. The molecule has 1 aliphatic heterocycles. The highest BCUT2D eigenvalue weighted by atomic mass is 16.5.